The fourth-order valence-electron chi connectivity index (χ4n) is 12.0. The van der Waals surface area contributed by atoms with E-state index in [0.717, 1.165) is 67.8 Å². The molecule has 0 amide bonds. The SMILES string of the molecule is Cc1ccc(N(c2ccc(C)cc2)c2ccc(/C=C\c3ccc(/C=C\c4ccc(N(c5ccc(C)cc5)c5ccc(C)c(-c6ccc7c(c6)c6ccccc6n7-c6cccc(-n7c8ccccc8c8ccccc87)c6)c5)cc4)cc3)cc2)cc1. The van der Waals surface area contributed by atoms with Crippen LogP contribution in [0.1, 0.15) is 44.5 Å². The second-order valence-corrected chi connectivity index (χ2v) is 22.2. The minimum atomic E-state index is 1.09. The Labute approximate surface area is 492 Å². The quantitative estimate of drug-likeness (QED) is 0.107. The summed E-state index contributed by atoms with van der Waals surface area (Å²) in [6, 6.07) is 102. The van der Waals surface area contributed by atoms with Gasteiger partial charge in [0.15, 0.2) is 0 Å². The number of hydrogen-bond donors (Lipinski definition) is 0. The highest BCUT2D eigenvalue weighted by molar-refractivity contribution is 6.11. The van der Waals surface area contributed by atoms with Crippen LogP contribution < -0.4 is 9.80 Å². The number of aromatic nitrogens is 2. The lowest BCUT2D eigenvalue weighted by atomic mass is 9.97. The Morgan fingerprint density at radius 1 is 0.262 bits per heavy atom. The molecule has 0 bridgehead atoms. The fourth-order valence-corrected chi connectivity index (χ4v) is 12.0. The number of aryl methyl sites for hydroxylation is 4. The topological polar surface area (TPSA) is 16.3 Å². The fraction of sp³-hybridized carbons (Fsp3) is 0.0500. The van der Waals surface area contributed by atoms with Crippen molar-refractivity contribution >= 4 is 102 Å². The van der Waals surface area contributed by atoms with E-state index in [2.05, 4.69) is 350 Å². The zero-order valence-corrected chi connectivity index (χ0v) is 47.7. The van der Waals surface area contributed by atoms with Crippen LogP contribution in [0.25, 0.3) is 90.4 Å². The molecule has 0 aliphatic carbocycles. The van der Waals surface area contributed by atoms with Crippen LogP contribution in [0.3, 0.4) is 0 Å². The Morgan fingerprint density at radius 3 is 1.01 bits per heavy atom. The molecule has 84 heavy (non-hydrogen) atoms. The van der Waals surface area contributed by atoms with Crippen LogP contribution in [-0.2, 0) is 0 Å². The largest absolute Gasteiger partial charge is 0.311 e. The molecule has 402 valence electrons. The Bertz CT molecular complexity index is 4670. The molecule has 0 atom stereocenters. The smallest absolute Gasteiger partial charge is 0.0541 e. The first-order chi connectivity index (χ1) is 41.3. The van der Waals surface area contributed by atoms with Gasteiger partial charge in [-0.1, -0.05) is 199 Å². The Morgan fingerprint density at radius 2 is 0.595 bits per heavy atom. The molecule has 0 spiro atoms. The van der Waals surface area contributed by atoms with Crippen LogP contribution in [-0.4, -0.2) is 9.13 Å². The molecule has 0 radical (unpaired) electrons. The van der Waals surface area contributed by atoms with E-state index in [4.69, 9.17) is 0 Å². The molecule has 0 aliphatic rings. The van der Waals surface area contributed by atoms with Gasteiger partial charge in [0.05, 0.1) is 22.1 Å². The lowest BCUT2D eigenvalue weighted by Crippen LogP contribution is -2.10. The molecule has 12 aromatic carbocycles. The third-order valence-electron chi connectivity index (χ3n) is 16.4. The summed E-state index contributed by atoms with van der Waals surface area (Å²) < 4.78 is 4.83. The van der Waals surface area contributed by atoms with Crippen molar-refractivity contribution in [2.24, 2.45) is 0 Å². The molecule has 14 rings (SSSR count). The molecule has 0 aliphatic heterocycles. The highest BCUT2D eigenvalue weighted by atomic mass is 15.1. The van der Waals surface area contributed by atoms with Gasteiger partial charge < -0.3 is 18.9 Å². The van der Waals surface area contributed by atoms with Crippen LogP contribution in [0.15, 0.2) is 279 Å². The monoisotopic (exact) mass is 1080 g/mol. The van der Waals surface area contributed by atoms with E-state index < -0.39 is 0 Å². The van der Waals surface area contributed by atoms with Crippen molar-refractivity contribution < 1.29 is 0 Å². The van der Waals surface area contributed by atoms with Crippen molar-refractivity contribution in [3.05, 3.63) is 324 Å². The molecule has 2 heterocycles. The first-order valence-electron chi connectivity index (χ1n) is 29.0. The molecule has 0 saturated carbocycles. The van der Waals surface area contributed by atoms with Gasteiger partial charge in [-0.3, -0.25) is 0 Å². The van der Waals surface area contributed by atoms with Gasteiger partial charge in [0.1, 0.15) is 0 Å². The molecule has 4 heteroatoms. The molecular weight excluding hydrogens is 1020 g/mol. The second kappa shape index (κ2) is 22.0. The van der Waals surface area contributed by atoms with Crippen molar-refractivity contribution in [1.29, 1.82) is 0 Å². The zero-order valence-electron chi connectivity index (χ0n) is 47.7. The van der Waals surface area contributed by atoms with Crippen molar-refractivity contribution in [3.8, 4) is 22.5 Å². The molecule has 0 unspecified atom stereocenters. The highest BCUT2D eigenvalue weighted by Crippen LogP contribution is 2.42. The summed E-state index contributed by atoms with van der Waals surface area (Å²) >= 11 is 0. The van der Waals surface area contributed by atoms with Gasteiger partial charge in [-0.2, -0.15) is 0 Å². The minimum absolute atomic E-state index is 1.09. The van der Waals surface area contributed by atoms with Gasteiger partial charge >= 0.3 is 0 Å². The number of anilines is 6. The predicted molar refractivity (Wildman–Crippen MR) is 360 cm³/mol. The highest BCUT2D eigenvalue weighted by Gasteiger charge is 2.19. The van der Waals surface area contributed by atoms with Gasteiger partial charge in [0, 0.05) is 67.0 Å². The van der Waals surface area contributed by atoms with Crippen LogP contribution >= 0.6 is 0 Å². The summed E-state index contributed by atoms with van der Waals surface area (Å²) in [5.41, 5.74) is 25.6. The maximum Gasteiger partial charge on any atom is 0.0541 e. The summed E-state index contributed by atoms with van der Waals surface area (Å²) in [5.74, 6) is 0. The summed E-state index contributed by atoms with van der Waals surface area (Å²) in [6.07, 6.45) is 8.76. The standard InChI is InChI=1S/C80H62N4/c1-55-20-40-64(41-21-55)81(65-42-22-56(2)23-43-65)67-47-35-61(36-48-67)33-31-59-27-29-60(30-28-59)32-34-62-37-49-68(50-38-62)82(66-44-24-57(3)25-45-66)71-46-26-58(4)75(54-71)63-39-51-80-76(52-63)74-16-7-10-19-79(74)84(80)70-13-11-12-69(53-70)83-77-17-8-5-14-72(77)73-15-6-9-18-78(73)83/h5-54H,1-4H3/b33-31-,34-32-. The average molecular weight is 1080 g/mol. The van der Waals surface area contributed by atoms with Gasteiger partial charge in [-0.05, 0) is 188 Å². The Hall–Kier alpha value is -10.7. The van der Waals surface area contributed by atoms with E-state index >= 15 is 0 Å². The molecule has 4 nitrogen and oxygen atoms in total. The van der Waals surface area contributed by atoms with E-state index in [1.165, 1.54) is 77.0 Å². The van der Waals surface area contributed by atoms with Gasteiger partial charge in [0.25, 0.3) is 0 Å². The maximum absolute atomic E-state index is 2.43. The van der Waals surface area contributed by atoms with Crippen molar-refractivity contribution in [1.82, 2.24) is 9.13 Å². The van der Waals surface area contributed by atoms with E-state index in [1.807, 2.05) is 0 Å². The third-order valence-corrected chi connectivity index (χ3v) is 16.4. The molecule has 14 aromatic rings. The summed E-state index contributed by atoms with van der Waals surface area (Å²) in [7, 11) is 0. The molecule has 2 aromatic heterocycles. The van der Waals surface area contributed by atoms with E-state index in [1.54, 1.807) is 0 Å². The number of rotatable bonds is 13. The summed E-state index contributed by atoms with van der Waals surface area (Å²) in [5, 5.41) is 4.96. The first-order valence-corrected chi connectivity index (χ1v) is 29.0. The molecule has 0 N–H and O–H groups in total. The number of para-hydroxylation sites is 3. The van der Waals surface area contributed by atoms with Crippen molar-refractivity contribution in [2.75, 3.05) is 9.80 Å². The van der Waals surface area contributed by atoms with Crippen LogP contribution in [0.4, 0.5) is 34.1 Å². The molecule has 0 saturated heterocycles. The third kappa shape index (κ3) is 9.94. The number of benzene rings is 12. The van der Waals surface area contributed by atoms with Crippen molar-refractivity contribution in [3.63, 3.8) is 0 Å². The van der Waals surface area contributed by atoms with Crippen LogP contribution in [0.5, 0.6) is 0 Å². The maximum atomic E-state index is 2.43. The van der Waals surface area contributed by atoms with E-state index in [9.17, 15) is 0 Å². The van der Waals surface area contributed by atoms with Crippen LogP contribution in [0.2, 0.25) is 0 Å². The summed E-state index contributed by atoms with van der Waals surface area (Å²) in [6.45, 7) is 8.63. The first kappa shape index (κ1) is 51.5. The Kier molecular flexibility index (Phi) is 13.5. The second-order valence-electron chi connectivity index (χ2n) is 22.2. The van der Waals surface area contributed by atoms with Gasteiger partial charge in [-0.25, -0.2) is 0 Å². The van der Waals surface area contributed by atoms with E-state index in [0.29, 0.717) is 0 Å². The van der Waals surface area contributed by atoms with Gasteiger partial charge in [-0.15, -0.1) is 0 Å². The number of fused-ring (bicyclic) bond motifs is 6. The van der Waals surface area contributed by atoms with Crippen molar-refractivity contribution in [2.45, 2.75) is 27.7 Å². The summed E-state index contributed by atoms with van der Waals surface area (Å²) in [4.78, 5) is 4.68. The normalized spacial score (nSPS) is 11.7. The van der Waals surface area contributed by atoms with Gasteiger partial charge in [0.2, 0.25) is 0 Å². The predicted octanol–water partition coefficient (Wildman–Crippen LogP) is 22.1. The lowest BCUT2D eigenvalue weighted by Gasteiger charge is -2.27. The Balaban J connectivity index is 0.716. The molecule has 0 fully saturated rings. The van der Waals surface area contributed by atoms with Crippen LogP contribution in [0, 0.1) is 27.7 Å². The lowest BCUT2D eigenvalue weighted by molar-refractivity contribution is 1.13. The zero-order chi connectivity index (χ0) is 56.7. The number of nitrogens with zero attached hydrogens (tertiary/aromatic N) is 4. The van der Waals surface area contributed by atoms with E-state index in [-0.39, 0.29) is 0 Å². The minimum Gasteiger partial charge on any atom is -0.311 e. The average Bonchev–Trinajstić information content (AvgIpc) is 3.91. The molecular formula is C80H62N4. The number of hydrogen-bond acceptors (Lipinski definition) is 2.